The van der Waals surface area contributed by atoms with Gasteiger partial charge in [-0.05, 0) is 30.7 Å². The van der Waals surface area contributed by atoms with Gasteiger partial charge >= 0.3 is 0 Å². The maximum absolute atomic E-state index is 13.1. The molecule has 0 unspecified atom stereocenters. The van der Waals surface area contributed by atoms with E-state index in [1.165, 1.54) is 30.2 Å². The molecule has 0 aliphatic carbocycles. The maximum atomic E-state index is 13.1. The van der Waals surface area contributed by atoms with Crippen LogP contribution in [0.3, 0.4) is 0 Å². The maximum Gasteiger partial charge on any atom is 0.230 e. The van der Waals surface area contributed by atoms with Crippen LogP contribution in [-0.4, -0.2) is 38.0 Å². The molecule has 0 aliphatic rings. The van der Waals surface area contributed by atoms with E-state index < -0.39 is 0 Å². The Labute approximate surface area is 142 Å². The minimum Gasteiger partial charge on any atom is -0.355 e. The normalized spacial score (nSPS) is 10.9. The lowest BCUT2D eigenvalue weighted by Gasteiger charge is -2.05. The summed E-state index contributed by atoms with van der Waals surface area (Å²) in [6.45, 7) is 2.67. The summed E-state index contributed by atoms with van der Waals surface area (Å²) in [4.78, 5) is 20.2. The lowest BCUT2D eigenvalue weighted by atomic mass is 10.3. The molecule has 0 aliphatic heterocycles. The molecule has 0 atom stereocenters. The van der Waals surface area contributed by atoms with E-state index >= 15 is 0 Å². The summed E-state index contributed by atoms with van der Waals surface area (Å²) in [6.07, 6.45) is 4.00. The Balaban J connectivity index is 1.84. The SMILES string of the molecule is CCCNC(=O)CSc1ncnc2c1cnn2-c1ccc(F)cc1. The van der Waals surface area contributed by atoms with Crippen molar-refractivity contribution in [3.63, 3.8) is 0 Å². The monoisotopic (exact) mass is 345 g/mol. The van der Waals surface area contributed by atoms with Crippen LogP contribution in [0, 0.1) is 5.82 Å². The zero-order valence-corrected chi connectivity index (χ0v) is 13.9. The van der Waals surface area contributed by atoms with Crippen molar-refractivity contribution in [3.05, 3.63) is 42.6 Å². The first-order valence-electron chi connectivity index (χ1n) is 7.53. The third-order valence-electron chi connectivity index (χ3n) is 3.31. The second-order valence-electron chi connectivity index (χ2n) is 5.09. The van der Waals surface area contributed by atoms with Gasteiger partial charge in [-0.1, -0.05) is 18.7 Å². The summed E-state index contributed by atoms with van der Waals surface area (Å²) >= 11 is 1.34. The first-order chi connectivity index (χ1) is 11.7. The van der Waals surface area contributed by atoms with E-state index in [0.29, 0.717) is 22.9 Å². The number of nitrogens with zero attached hydrogens (tertiary/aromatic N) is 4. The fourth-order valence-electron chi connectivity index (χ4n) is 2.16. The van der Waals surface area contributed by atoms with Crippen LogP contribution in [0.5, 0.6) is 0 Å². The molecule has 6 nitrogen and oxygen atoms in total. The highest BCUT2D eigenvalue weighted by Crippen LogP contribution is 2.25. The van der Waals surface area contributed by atoms with Gasteiger partial charge in [-0.25, -0.2) is 19.0 Å². The molecule has 0 bridgehead atoms. The number of carbonyl (C=O) groups is 1. The Morgan fingerprint density at radius 2 is 2.08 bits per heavy atom. The van der Waals surface area contributed by atoms with Crippen molar-refractivity contribution in [2.24, 2.45) is 0 Å². The third-order valence-corrected chi connectivity index (χ3v) is 4.32. The highest BCUT2D eigenvalue weighted by molar-refractivity contribution is 8.00. The first kappa shape index (κ1) is 16.4. The number of aromatic nitrogens is 4. The number of amides is 1. The van der Waals surface area contributed by atoms with Gasteiger partial charge in [-0.3, -0.25) is 4.79 Å². The van der Waals surface area contributed by atoms with Crippen LogP contribution < -0.4 is 5.32 Å². The number of rotatable bonds is 6. The Bertz CT molecular complexity index is 849. The van der Waals surface area contributed by atoms with E-state index in [-0.39, 0.29) is 17.5 Å². The molecular weight excluding hydrogens is 329 g/mol. The van der Waals surface area contributed by atoms with E-state index in [0.717, 1.165) is 11.8 Å². The predicted octanol–water partition coefficient (Wildman–Crippen LogP) is 2.57. The molecule has 0 fully saturated rings. The van der Waals surface area contributed by atoms with E-state index in [4.69, 9.17) is 0 Å². The van der Waals surface area contributed by atoms with E-state index in [1.807, 2.05) is 6.92 Å². The van der Waals surface area contributed by atoms with Crippen molar-refractivity contribution >= 4 is 28.7 Å². The van der Waals surface area contributed by atoms with Gasteiger partial charge in [0.1, 0.15) is 17.2 Å². The van der Waals surface area contributed by atoms with Crippen LogP contribution in [0.25, 0.3) is 16.7 Å². The van der Waals surface area contributed by atoms with Crippen molar-refractivity contribution in [1.82, 2.24) is 25.1 Å². The van der Waals surface area contributed by atoms with Gasteiger partial charge in [0.15, 0.2) is 5.65 Å². The predicted molar refractivity (Wildman–Crippen MR) is 90.6 cm³/mol. The Kier molecular flexibility index (Phi) is 5.05. The lowest BCUT2D eigenvalue weighted by Crippen LogP contribution is -2.25. The number of benzene rings is 1. The number of nitrogens with one attached hydrogen (secondary N) is 1. The molecular formula is C16H16FN5OS. The molecule has 0 radical (unpaired) electrons. The van der Waals surface area contributed by atoms with Crippen molar-refractivity contribution < 1.29 is 9.18 Å². The quantitative estimate of drug-likeness (QED) is 0.549. The van der Waals surface area contributed by atoms with E-state index in [9.17, 15) is 9.18 Å². The minimum atomic E-state index is -0.306. The molecule has 2 aromatic heterocycles. The molecule has 0 saturated heterocycles. The fraction of sp³-hybridized carbons (Fsp3) is 0.250. The van der Waals surface area contributed by atoms with Gasteiger partial charge in [-0.15, -0.1) is 0 Å². The fourth-order valence-corrected chi connectivity index (χ4v) is 2.95. The number of halogens is 1. The zero-order valence-electron chi connectivity index (χ0n) is 13.1. The van der Waals surface area contributed by atoms with Crippen LogP contribution in [0.4, 0.5) is 4.39 Å². The number of thioether (sulfide) groups is 1. The van der Waals surface area contributed by atoms with Crippen LogP contribution in [0.1, 0.15) is 13.3 Å². The second-order valence-corrected chi connectivity index (χ2v) is 6.05. The number of fused-ring (bicyclic) bond motifs is 1. The molecule has 1 N–H and O–H groups in total. The van der Waals surface area contributed by atoms with Crippen LogP contribution in [-0.2, 0) is 4.79 Å². The smallest absolute Gasteiger partial charge is 0.230 e. The lowest BCUT2D eigenvalue weighted by molar-refractivity contribution is -0.118. The van der Waals surface area contributed by atoms with Gasteiger partial charge in [0, 0.05) is 6.54 Å². The van der Waals surface area contributed by atoms with Gasteiger partial charge in [0.25, 0.3) is 0 Å². The molecule has 3 rings (SSSR count). The molecule has 0 spiro atoms. The van der Waals surface area contributed by atoms with E-state index in [1.54, 1.807) is 23.0 Å². The first-order valence-corrected chi connectivity index (χ1v) is 8.51. The summed E-state index contributed by atoms with van der Waals surface area (Å²) in [6, 6.07) is 6.01. The van der Waals surface area contributed by atoms with Crippen molar-refractivity contribution in [3.8, 4) is 5.69 Å². The number of carbonyl (C=O) groups excluding carboxylic acids is 1. The third kappa shape index (κ3) is 3.53. The highest BCUT2D eigenvalue weighted by atomic mass is 32.2. The molecule has 1 aromatic carbocycles. The molecule has 24 heavy (non-hydrogen) atoms. The Morgan fingerprint density at radius 1 is 1.29 bits per heavy atom. The van der Waals surface area contributed by atoms with Crippen molar-refractivity contribution in [2.75, 3.05) is 12.3 Å². The van der Waals surface area contributed by atoms with Crippen LogP contribution in [0.15, 0.2) is 41.8 Å². The Hall–Kier alpha value is -2.48. The average Bonchev–Trinajstić information content (AvgIpc) is 3.03. The highest BCUT2D eigenvalue weighted by Gasteiger charge is 2.12. The molecule has 3 aromatic rings. The van der Waals surface area contributed by atoms with Crippen molar-refractivity contribution in [1.29, 1.82) is 0 Å². The minimum absolute atomic E-state index is 0.0282. The van der Waals surface area contributed by atoms with Gasteiger partial charge < -0.3 is 5.32 Å². The Morgan fingerprint density at radius 3 is 2.83 bits per heavy atom. The molecule has 124 valence electrons. The van der Waals surface area contributed by atoms with Gasteiger partial charge in [-0.2, -0.15) is 5.10 Å². The van der Waals surface area contributed by atoms with Crippen LogP contribution >= 0.6 is 11.8 Å². The average molecular weight is 345 g/mol. The standard InChI is InChI=1S/C16H16FN5OS/c1-2-7-18-14(23)9-24-16-13-8-21-22(15(13)19-10-20-16)12-5-3-11(17)4-6-12/h3-6,8,10H,2,7,9H2,1H3,(H,18,23). The van der Waals surface area contributed by atoms with Gasteiger partial charge in [0.2, 0.25) is 5.91 Å². The zero-order chi connectivity index (χ0) is 16.9. The second kappa shape index (κ2) is 7.39. The van der Waals surface area contributed by atoms with E-state index in [2.05, 4.69) is 20.4 Å². The molecule has 0 saturated carbocycles. The summed E-state index contributed by atoms with van der Waals surface area (Å²) in [5.74, 6) is -0.0490. The summed E-state index contributed by atoms with van der Waals surface area (Å²) in [5, 5.41) is 8.59. The van der Waals surface area contributed by atoms with Gasteiger partial charge in [0.05, 0.1) is 23.0 Å². The molecule has 1 amide bonds. The largest absolute Gasteiger partial charge is 0.355 e. The molecule has 2 heterocycles. The molecule has 8 heteroatoms. The summed E-state index contributed by atoms with van der Waals surface area (Å²) in [7, 11) is 0. The number of hydrogen-bond donors (Lipinski definition) is 1. The van der Waals surface area contributed by atoms with Crippen molar-refractivity contribution in [2.45, 2.75) is 18.4 Å². The number of hydrogen-bond acceptors (Lipinski definition) is 5. The summed E-state index contributed by atoms with van der Waals surface area (Å²) < 4.78 is 14.7. The topological polar surface area (TPSA) is 72.7 Å². The van der Waals surface area contributed by atoms with Crippen LogP contribution in [0.2, 0.25) is 0 Å². The summed E-state index contributed by atoms with van der Waals surface area (Å²) in [5.41, 5.74) is 1.33.